The number of hydrogen-bond acceptors (Lipinski definition) is 15. The van der Waals surface area contributed by atoms with Crippen LogP contribution in [-0.2, 0) is 65.4 Å². The summed E-state index contributed by atoms with van der Waals surface area (Å²) in [5.74, 6) is 0.837. The van der Waals surface area contributed by atoms with Crippen molar-refractivity contribution >= 4 is 39.5 Å². The maximum absolute atomic E-state index is 13.1. The van der Waals surface area contributed by atoms with Crippen LogP contribution in [0.4, 0.5) is 0 Å². The molecule has 17 nitrogen and oxygen atoms in total. The Morgan fingerprint density at radius 2 is 0.452 bits per heavy atom. The van der Waals surface area contributed by atoms with Crippen LogP contribution in [0.25, 0.3) is 0 Å². The molecule has 0 amide bonds. The third kappa shape index (κ3) is 68.4. The van der Waals surface area contributed by atoms with Gasteiger partial charge in [-0.2, -0.15) is 0 Å². The fourth-order valence-corrected chi connectivity index (χ4v) is 12.8. The van der Waals surface area contributed by atoms with Crippen LogP contribution in [0.15, 0.2) is 0 Å². The van der Waals surface area contributed by atoms with Crippen molar-refractivity contribution < 1.29 is 80.2 Å². The Kier molecular flexibility index (Phi) is 62.2. The molecular formula is C74H144O17P2. The van der Waals surface area contributed by atoms with E-state index in [2.05, 4.69) is 55.4 Å². The van der Waals surface area contributed by atoms with E-state index in [9.17, 15) is 43.2 Å². The van der Waals surface area contributed by atoms with Gasteiger partial charge in [-0.05, 0) is 49.4 Å². The van der Waals surface area contributed by atoms with Crippen molar-refractivity contribution in [3.63, 3.8) is 0 Å². The number of carbonyl (C=O) groups is 4. The molecule has 552 valence electrons. The second-order valence-corrected chi connectivity index (χ2v) is 31.5. The molecule has 5 atom stereocenters. The maximum Gasteiger partial charge on any atom is 0.472 e. The van der Waals surface area contributed by atoms with Crippen molar-refractivity contribution in [3.8, 4) is 0 Å². The SMILES string of the molecule is CC(C)CCCCCCCCCCCCCCCCCCCCC(=O)O[C@H](COC(=O)CCCCCCCCCCCC(C)C)COP(=O)(O)OCC(O)COP(=O)(O)OC[C@@H](COC(=O)CCCCCCCCCC(C)C)OC(=O)CCCCCCCCCC(C)C. The highest BCUT2D eigenvalue weighted by atomic mass is 31.2. The lowest BCUT2D eigenvalue weighted by Crippen LogP contribution is -2.30. The van der Waals surface area contributed by atoms with Crippen LogP contribution in [0.3, 0.4) is 0 Å². The molecule has 0 bridgehead atoms. The highest BCUT2D eigenvalue weighted by Gasteiger charge is 2.30. The zero-order valence-electron chi connectivity index (χ0n) is 60.9. The average Bonchev–Trinajstić information content (AvgIpc) is 2.33. The molecule has 0 saturated heterocycles. The van der Waals surface area contributed by atoms with Crippen molar-refractivity contribution in [1.29, 1.82) is 0 Å². The van der Waals surface area contributed by atoms with Crippen molar-refractivity contribution in [2.45, 2.75) is 388 Å². The van der Waals surface area contributed by atoms with Crippen LogP contribution in [0.1, 0.15) is 370 Å². The normalized spacial score (nSPS) is 14.2. The van der Waals surface area contributed by atoms with Crippen molar-refractivity contribution in [1.82, 2.24) is 0 Å². The average molecular weight is 1370 g/mol. The van der Waals surface area contributed by atoms with E-state index in [0.717, 1.165) is 108 Å². The summed E-state index contributed by atoms with van der Waals surface area (Å²) in [6, 6.07) is 0. The molecule has 0 radical (unpaired) electrons. The molecule has 0 fully saturated rings. The maximum atomic E-state index is 13.1. The van der Waals surface area contributed by atoms with Gasteiger partial charge in [0, 0.05) is 25.7 Å². The third-order valence-electron chi connectivity index (χ3n) is 17.1. The highest BCUT2D eigenvalue weighted by Crippen LogP contribution is 2.45. The van der Waals surface area contributed by atoms with E-state index in [1.807, 2.05) is 0 Å². The standard InChI is InChI=1S/C74H144O17P2/c1-64(2)50-42-34-26-20-17-15-13-11-9-10-12-14-16-18-22-31-40-48-56-73(78)90-69(60-84-71(76)54-46-38-30-23-19-21-27-35-43-51-65(3)4)62-88-92(80,81)86-58-68(75)59-87-93(82,83)89-63-70(91-74(79)57-49-41-33-25-29-37-45-53-67(7)8)61-85-72(77)55-47-39-32-24-28-36-44-52-66(5)6/h64-70,75H,9-63H2,1-8H3,(H,80,81)(H,82,83)/t68?,69-,70-/m1/s1. The lowest BCUT2D eigenvalue weighted by molar-refractivity contribution is -0.161. The Morgan fingerprint density at radius 1 is 0.269 bits per heavy atom. The predicted octanol–water partition coefficient (Wildman–Crippen LogP) is 21.3. The van der Waals surface area contributed by atoms with Crippen LogP contribution in [0.5, 0.6) is 0 Å². The molecule has 0 aliphatic heterocycles. The van der Waals surface area contributed by atoms with E-state index in [-0.39, 0.29) is 25.7 Å². The molecule has 0 saturated carbocycles. The van der Waals surface area contributed by atoms with Gasteiger partial charge in [0.25, 0.3) is 0 Å². The lowest BCUT2D eigenvalue weighted by atomic mass is 10.0. The fraction of sp³-hybridized carbons (Fsp3) is 0.946. The number of esters is 4. The number of phosphoric acid groups is 2. The molecular weight excluding hydrogens is 1220 g/mol. The highest BCUT2D eigenvalue weighted by molar-refractivity contribution is 7.47. The van der Waals surface area contributed by atoms with E-state index in [0.29, 0.717) is 37.5 Å². The molecule has 0 aromatic rings. The number of unbranched alkanes of at least 4 members (excludes halogenated alkanes) is 37. The van der Waals surface area contributed by atoms with Gasteiger partial charge in [0.1, 0.15) is 19.3 Å². The summed E-state index contributed by atoms with van der Waals surface area (Å²) in [5, 5.41) is 10.6. The predicted molar refractivity (Wildman–Crippen MR) is 377 cm³/mol. The molecule has 19 heteroatoms. The van der Waals surface area contributed by atoms with Crippen molar-refractivity contribution in [2.75, 3.05) is 39.6 Å². The Morgan fingerprint density at radius 3 is 0.667 bits per heavy atom. The molecule has 0 rings (SSSR count). The first-order valence-corrected chi connectivity index (χ1v) is 41.2. The summed E-state index contributed by atoms with van der Waals surface area (Å²) in [4.78, 5) is 72.6. The summed E-state index contributed by atoms with van der Waals surface area (Å²) in [6.45, 7) is 14.1. The van der Waals surface area contributed by atoms with Gasteiger partial charge >= 0.3 is 39.5 Å². The first-order chi connectivity index (χ1) is 44.6. The first-order valence-electron chi connectivity index (χ1n) is 38.2. The Bertz CT molecular complexity index is 1830. The number of ether oxygens (including phenoxy) is 4. The molecule has 3 N–H and O–H groups in total. The van der Waals surface area contributed by atoms with E-state index in [4.69, 9.17) is 37.0 Å². The quantitative estimate of drug-likeness (QED) is 0.0222. The number of aliphatic hydroxyl groups is 1. The number of hydrogen-bond donors (Lipinski definition) is 3. The fourth-order valence-electron chi connectivity index (χ4n) is 11.2. The van der Waals surface area contributed by atoms with Gasteiger partial charge in [0.15, 0.2) is 12.2 Å². The smallest absolute Gasteiger partial charge is 0.462 e. The van der Waals surface area contributed by atoms with Gasteiger partial charge in [-0.15, -0.1) is 0 Å². The van der Waals surface area contributed by atoms with E-state index >= 15 is 0 Å². The molecule has 0 aromatic heterocycles. The summed E-state index contributed by atoms with van der Waals surface area (Å²) in [5.41, 5.74) is 0. The zero-order valence-corrected chi connectivity index (χ0v) is 62.7. The largest absolute Gasteiger partial charge is 0.472 e. The van der Waals surface area contributed by atoms with Crippen molar-refractivity contribution in [2.24, 2.45) is 23.7 Å². The summed E-state index contributed by atoms with van der Waals surface area (Å²) in [7, 11) is -9.91. The molecule has 0 heterocycles. The second kappa shape index (κ2) is 63.5. The van der Waals surface area contributed by atoms with E-state index < -0.39 is 97.5 Å². The molecule has 0 aliphatic carbocycles. The van der Waals surface area contributed by atoms with Gasteiger partial charge in [-0.1, -0.05) is 319 Å². The summed E-state index contributed by atoms with van der Waals surface area (Å²) >= 11 is 0. The topological polar surface area (TPSA) is 237 Å². The lowest BCUT2D eigenvalue weighted by Gasteiger charge is -2.21. The molecule has 93 heavy (non-hydrogen) atoms. The number of aliphatic hydroxyl groups excluding tert-OH is 1. The second-order valence-electron chi connectivity index (χ2n) is 28.6. The summed E-state index contributed by atoms with van der Waals surface area (Å²) in [6.07, 6.45) is 47.5. The van der Waals surface area contributed by atoms with Gasteiger partial charge in [-0.25, -0.2) is 9.13 Å². The molecule has 0 aromatic carbocycles. The minimum Gasteiger partial charge on any atom is -0.462 e. The summed E-state index contributed by atoms with van der Waals surface area (Å²) < 4.78 is 68.4. The Labute approximate surface area is 568 Å². The van der Waals surface area contributed by atoms with Gasteiger partial charge in [0.05, 0.1) is 26.4 Å². The van der Waals surface area contributed by atoms with Gasteiger partial charge < -0.3 is 33.8 Å². The van der Waals surface area contributed by atoms with Crippen LogP contribution < -0.4 is 0 Å². The zero-order chi connectivity index (χ0) is 68.9. The minimum atomic E-state index is -4.96. The molecule has 3 unspecified atom stereocenters. The molecule has 0 spiro atoms. The Balaban J connectivity index is 5.18. The molecule has 0 aliphatic rings. The minimum absolute atomic E-state index is 0.102. The third-order valence-corrected chi connectivity index (χ3v) is 19.0. The van der Waals surface area contributed by atoms with Crippen molar-refractivity contribution in [3.05, 3.63) is 0 Å². The monoisotopic (exact) mass is 1370 g/mol. The first kappa shape index (κ1) is 91.1. The van der Waals surface area contributed by atoms with Gasteiger partial charge in [0.2, 0.25) is 0 Å². The van der Waals surface area contributed by atoms with E-state index in [1.165, 1.54) is 167 Å². The van der Waals surface area contributed by atoms with Crippen LogP contribution in [0, 0.1) is 23.7 Å². The van der Waals surface area contributed by atoms with Crippen LogP contribution >= 0.6 is 15.6 Å². The van der Waals surface area contributed by atoms with Crippen LogP contribution in [-0.4, -0.2) is 96.7 Å². The number of rotatable bonds is 71. The van der Waals surface area contributed by atoms with E-state index in [1.54, 1.807) is 0 Å². The number of carbonyl (C=O) groups excluding carboxylic acids is 4. The van der Waals surface area contributed by atoms with Crippen LogP contribution in [0.2, 0.25) is 0 Å². The van der Waals surface area contributed by atoms with Gasteiger partial charge in [-0.3, -0.25) is 37.3 Å². The Hall–Kier alpha value is -1.94. The number of phosphoric ester groups is 2.